The van der Waals surface area contributed by atoms with Crippen LogP contribution in [0.3, 0.4) is 0 Å². The first-order valence-corrected chi connectivity index (χ1v) is 14.5. The van der Waals surface area contributed by atoms with Crippen LogP contribution in [0, 0.1) is 0 Å². The standard InChI is InChI=1S/C35H37N3O4.Ni/c39-22-19-29(28-18-17-25-11-5-6-14-27(25)23-28)34(35(41)42)37-33(26-12-3-1-4-13-26)30-15-7-8-16-31(30)36-32(40)24-38-20-9-2-10-21-38;/h1,3-8,11-18,23,29,34,39H,2,9-10,19-22,24H2,(H,36,40)(H,41,42);/q;+2/p-2/t29-,34-;/m0./s1. The third kappa shape index (κ3) is 8.17. The molecule has 0 bridgehead atoms. The van der Waals surface area contributed by atoms with Crippen LogP contribution in [0.1, 0.15) is 48.3 Å². The number of nitrogens with zero attached hydrogens (tertiary/aromatic N) is 3. The molecule has 0 amide bonds. The summed E-state index contributed by atoms with van der Waals surface area (Å²) in [5.74, 6) is -2.23. The van der Waals surface area contributed by atoms with Crippen molar-refractivity contribution in [2.75, 3.05) is 26.2 Å². The molecule has 2 atom stereocenters. The van der Waals surface area contributed by atoms with Gasteiger partial charge in [-0.05, 0) is 60.7 Å². The molecule has 7 nitrogen and oxygen atoms in total. The van der Waals surface area contributed by atoms with Crippen LogP contribution in [0.25, 0.3) is 10.8 Å². The Bertz CT molecular complexity index is 1570. The second-order valence-electron chi connectivity index (χ2n) is 10.7. The zero-order chi connectivity index (χ0) is 29.3. The number of carboxylic acids is 1. The Morgan fingerprint density at radius 2 is 1.51 bits per heavy atom. The number of fused-ring (bicyclic) bond motifs is 1. The molecule has 0 aromatic heterocycles. The summed E-state index contributed by atoms with van der Waals surface area (Å²) >= 11 is 0. The minimum absolute atomic E-state index is 0. The predicted octanol–water partition coefficient (Wildman–Crippen LogP) is 3.84. The minimum Gasteiger partial charge on any atom is -0.861 e. The van der Waals surface area contributed by atoms with Crippen LogP contribution in [0.2, 0.25) is 0 Å². The average molecular weight is 620 g/mol. The summed E-state index contributed by atoms with van der Waals surface area (Å²) in [6, 6.07) is 28.8. The molecular formula is C35H35N3NiO4. The molecule has 1 aliphatic rings. The largest absolute Gasteiger partial charge is 2.00 e. The Balaban J connectivity index is 0.00000423. The summed E-state index contributed by atoms with van der Waals surface area (Å²) < 4.78 is 0. The first kappa shape index (κ1) is 32.1. The van der Waals surface area contributed by atoms with Crippen molar-refractivity contribution in [1.82, 2.24) is 4.90 Å². The summed E-state index contributed by atoms with van der Waals surface area (Å²) in [6.45, 7) is 1.80. The van der Waals surface area contributed by atoms with Crippen LogP contribution >= 0.6 is 0 Å². The van der Waals surface area contributed by atoms with Crippen molar-refractivity contribution >= 4 is 34.0 Å². The van der Waals surface area contributed by atoms with E-state index in [0.717, 1.165) is 42.3 Å². The van der Waals surface area contributed by atoms with E-state index in [9.17, 15) is 20.1 Å². The third-order valence-corrected chi connectivity index (χ3v) is 7.79. The average Bonchev–Trinajstić information content (AvgIpc) is 3.02. The van der Waals surface area contributed by atoms with Gasteiger partial charge in [-0.3, -0.25) is 14.9 Å². The number of hydrogen-bond acceptors (Lipinski definition) is 7. The zero-order valence-electron chi connectivity index (χ0n) is 23.9. The van der Waals surface area contributed by atoms with Crippen molar-refractivity contribution in [3.63, 3.8) is 0 Å². The number of piperidine rings is 1. The number of hydrogen-bond donors (Lipinski definition) is 1. The second-order valence-corrected chi connectivity index (χ2v) is 10.7. The maximum atomic E-state index is 13.0. The van der Waals surface area contributed by atoms with Gasteiger partial charge in [-0.1, -0.05) is 97.4 Å². The van der Waals surface area contributed by atoms with Crippen LogP contribution in [0.15, 0.2) is 107 Å². The first-order valence-electron chi connectivity index (χ1n) is 14.5. The van der Waals surface area contributed by atoms with Gasteiger partial charge < -0.3 is 20.1 Å². The van der Waals surface area contributed by atoms with E-state index in [1.807, 2.05) is 84.9 Å². The van der Waals surface area contributed by atoms with E-state index < -0.39 is 17.9 Å². The first-order chi connectivity index (χ1) is 20.5. The quantitative estimate of drug-likeness (QED) is 0.156. The Morgan fingerprint density at radius 1 is 0.837 bits per heavy atom. The summed E-state index contributed by atoms with van der Waals surface area (Å²) in [5, 5.41) is 37.8. The number of para-hydroxylation sites is 1. The van der Waals surface area contributed by atoms with Gasteiger partial charge in [0.1, 0.15) is 0 Å². The molecule has 0 spiro atoms. The number of carboxylic acid groups (broad SMARTS) is 1. The van der Waals surface area contributed by atoms with Crippen LogP contribution in [-0.2, 0) is 21.3 Å². The summed E-state index contributed by atoms with van der Waals surface area (Å²) in [5.41, 5.74) is 2.84. The van der Waals surface area contributed by atoms with E-state index in [1.165, 1.54) is 6.42 Å². The summed E-state index contributed by atoms with van der Waals surface area (Å²) in [6.07, 6.45) is 3.51. The molecule has 0 radical (unpaired) electrons. The van der Waals surface area contributed by atoms with E-state index in [0.29, 0.717) is 22.5 Å². The molecule has 1 fully saturated rings. The van der Waals surface area contributed by atoms with Crippen molar-refractivity contribution in [3.05, 3.63) is 114 Å². The van der Waals surface area contributed by atoms with Crippen molar-refractivity contribution in [2.45, 2.75) is 37.6 Å². The maximum Gasteiger partial charge on any atom is 2.00 e. The van der Waals surface area contributed by atoms with Gasteiger partial charge in [0.2, 0.25) is 0 Å². The molecule has 4 aromatic carbocycles. The minimum atomic E-state index is -1.34. The molecule has 1 heterocycles. The number of aliphatic hydroxyl groups is 1. The molecule has 5 rings (SSSR count). The van der Waals surface area contributed by atoms with Gasteiger partial charge in [-0.2, -0.15) is 0 Å². The van der Waals surface area contributed by atoms with Crippen LogP contribution in [0.4, 0.5) is 5.69 Å². The molecule has 0 unspecified atom stereocenters. The maximum absolute atomic E-state index is 13.0. The van der Waals surface area contributed by atoms with E-state index in [1.54, 1.807) is 12.1 Å². The molecule has 43 heavy (non-hydrogen) atoms. The van der Waals surface area contributed by atoms with Crippen LogP contribution < -0.4 is 10.2 Å². The number of aliphatic hydroxyl groups excluding tert-OH is 1. The van der Waals surface area contributed by atoms with Crippen molar-refractivity contribution in [2.24, 2.45) is 9.98 Å². The van der Waals surface area contributed by atoms with Gasteiger partial charge in [0.15, 0.2) is 0 Å². The number of aliphatic carboxylic acids is 1. The number of likely N-dealkylation sites (tertiary alicyclic amines) is 1. The van der Waals surface area contributed by atoms with E-state index >= 15 is 0 Å². The topological polar surface area (TPSA) is 111 Å². The van der Waals surface area contributed by atoms with Crippen molar-refractivity contribution in [3.8, 4) is 0 Å². The number of benzene rings is 4. The van der Waals surface area contributed by atoms with Crippen molar-refractivity contribution < 1.29 is 36.6 Å². The van der Waals surface area contributed by atoms with Gasteiger partial charge >= 0.3 is 16.5 Å². The Labute approximate surface area is 262 Å². The van der Waals surface area contributed by atoms with Crippen LogP contribution in [-0.4, -0.2) is 59.9 Å². The SMILES string of the molecule is O=C([O-])[C@@H](N=C(c1ccccc1)c1ccccc1N=C([O-])CN1CCCCC1)[C@@H](CCO)c1ccc2ccccc2c1.[Ni+2]. The molecule has 1 aliphatic heterocycles. The number of carbonyl (C=O) groups is 1. The fraction of sp³-hybridized carbons (Fsp3) is 0.286. The predicted molar refractivity (Wildman–Crippen MR) is 163 cm³/mol. The molecule has 8 heteroatoms. The van der Waals surface area contributed by atoms with E-state index in [-0.39, 0.29) is 42.0 Å². The van der Waals surface area contributed by atoms with Gasteiger partial charge in [0.25, 0.3) is 0 Å². The fourth-order valence-electron chi connectivity index (χ4n) is 5.68. The molecule has 0 saturated carbocycles. The van der Waals surface area contributed by atoms with Gasteiger partial charge in [-0.25, -0.2) is 0 Å². The summed E-state index contributed by atoms with van der Waals surface area (Å²) in [4.78, 5) is 24.2. The monoisotopic (exact) mass is 619 g/mol. The Hall–Kier alpha value is -3.84. The normalized spacial score (nSPS) is 15.9. The Kier molecular flexibility index (Phi) is 11.6. The Morgan fingerprint density at radius 3 is 2.23 bits per heavy atom. The van der Waals surface area contributed by atoms with Gasteiger partial charge in [-0.15, -0.1) is 0 Å². The van der Waals surface area contributed by atoms with Gasteiger partial charge in [0.05, 0.1) is 23.4 Å². The second kappa shape index (κ2) is 15.6. The molecule has 1 N–H and O–H groups in total. The molecule has 1 saturated heterocycles. The zero-order valence-corrected chi connectivity index (χ0v) is 24.9. The smallest absolute Gasteiger partial charge is 0.861 e. The number of rotatable bonds is 11. The third-order valence-electron chi connectivity index (χ3n) is 7.79. The molecule has 4 aromatic rings. The summed E-state index contributed by atoms with van der Waals surface area (Å²) in [7, 11) is 0. The van der Waals surface area contributed by atoms with E-state index in [4.69, 9.17) is 4.99 Å². The number of aliphatic imine (C=N–C) groups is 2. The number of carbonyl (C=O) groups excluding carboxylic acids is 1. The van der Waals surface area contributed by atoms with Crippen LogP contribution in [0.5, 0.6) is 0 Å². The van der Waals surface area contributed by atoms with Crippen molar-refractivity contribution in [1.29, 1.82) is 0 Å². The van der Waals surface area contributed by atoms with E-state index in [2.05, 4.69) is 9.89 Å². The molecule has 0 aliphatic carbocycles. The van der Waals surface area contributed by atoms with Gasteiger partial charge in [0, 0.05) is 30.2 Å². The molecule has 224 valence electrons. The fourth-order valence-corrected chi connectivity index (χ4v) is 5.68. The molecular weight excluding hydrogens is 585 g/mol.